The van der Waals surface area contributed by atoms with E-state index in [4.69, 9.17) is 5.73 Å². The molecule has 17 heavy (non-hydrogen) atoms. The Bertz CT molecular complexity index is 482. The normalized spacial score (nSPS) is 18.4. The summed E-state index contributed by atoms with van der Waals surface area (Å²) in [7, 11) is 0. The van der Waals surface area contributed by atoms with Gasteiger partial charge in [-0.2, -0.15) is 0 Å². The van der Waals surface area contributed by atoms with E-state index in [-0.39, 0.29) is 17.7 Å². The number of hydrogen-bond donors (Lipinski definition) is 1. The number of hydrogen-bond acceptors (Lipinski definition) is 2. The van der Waals surface area contributed by atoms with Gasteiger partial charge in [-0.1, -0.05) is 24.8 Å². The van der Waals surface area contributed by atoms with Crippen LogP contribution in [0.5, 0.6) is 0 Å². The second-order valence-electron chi connectivity index (χ2n) is 4.09. The highest BCUT2D eigenvalue weighted by Gasteiger charge is 2.29. The van der Waals surface area contributed by atoms with Gasteiger partial charge < -0.3 is 10.6 Å². The molecular formula is C13H14N2O2. The zero-order valence-electron chi connectivity index (χ0n) is 9.43. The second-order valence-corrected chi connectivity index (χ2v) is 4.09. The molecule has 0 fully saturated rings. The first-order valence-electron chi connectivity index (χ1n) is 5.44. The average molecular weight is 230 g/mol. The van der Waals surface area contributed by atoms with Crippen molar-refractivity contribution in [3.05, 3.63) is 42.5 Å². The molecule has 1 aliphatic heterocycles. The first-order valence-corrected chi connectivity index (χ1v) is 5.44. The van der Waals surface area contributed by atoms with Crippen molar-refractivity contribution in [1.82, 2.24) is 0 Å². The third-order valence-electron chi connectivity index (χ3n) is 2.99. The molecule has 0 bridgehead atoms. The summed E-state index contributed by atoms with van der Waals surface area (Å²) in [5.74, 6) is -0.904. The van der Waals surface area contributed by atoms with Crippen LogP contribution in [0, 0.1) is 5.92 Å². The zero-order chi connectivity index (χ0) is 12.4. The maximum Gasteiger partial charge on any atom is 0.250 e. The number of para-hydroxylation sites is 1. The molecule has 0 saturated carbocycles. The van der Waals surface area contributed by atoms with Crippen LogP contribution in [0.1, 0.15) is 5.56 Å². The highest BCUT2D eigenvalue weighted by atomic mass is 16.2. The minimum absolute atomic E-state index is 0.205. The van der Waals surface area contributed by atoms with E-state index in [9.17, 15) is 9.59 Å². The lowest BCUT2D eigenvalue weighted by atomic mass is 9.92. The molecule has 1 unspecified atom stereocenters. The van der Waals surface area contributed by atoms with E-state index in [1.54, 1.807) is 4.90 Å². The summed E-state index contributed by atoms with van der Waals surface area (Å²) in [6, 6.07) is 7.54. The quantitative estimate of drug-likeness (QED) is 0.766. The molecule has 0 aromatic heterocycles. The molecule has 1 heterocycles. The van der Waals surface area contributed by atoms with Crippen LogP contribution < -0.4 is 10.6 Å². The summed E-state index contributed by atoms with van der Waals surface area (Å²) in [6.07, 6.45) is 1.84. The number of nitrogens with zero attached hydrogens (tertiary/aromatic N) is 1. The van der Waals surface area contributed by atoms with Crippen molar-refractivity contribution >= 4 is 17.5 Å². The minimum Gasteiger partial charge on any atom is -0.369 e. The summed E-state index contributed by atoms with van der Waals surface area (Å²) >= 11 is 0. The van der Waals surface area contributed by atoms with Gasteiger partial charge in [0.1, 0.15) is 0 Å². The molecule has 1 aromatic carbocycles. The predicted molar refractivity (Wildman–Crippen MR) is 65.4 cm³/mol. The van der Waals surface area contributed by atoms with Crippen LogP contribution in [0.2, 0.25) is 0 Å². The third-order valence-corrected chi connectivity index (χ3v) is 2.99. The van der Waals surface area contributed by atoms with Gasteiger partial charge in [0.2, 0.25) is 11.8 Å². The number of benzene rings is 1. The molecule has 88 valence electrons. The smallest absolute Gasteiger partial charge is 0.250 e. The fourth-order valence-electron chi connectivity index (χ4n) is 2.10. The number of fused-ring (bicyclic) bond motifs is 1. The Morgan fingerprint density at radius 1 is 1.41 bits per heavy atom. The fourth-order valence-corrected chi connectivity index (χ4v) is 2.10. The van der Waals surface area contributed by atoms with Crippen molar-refractivity contribution in [1.29, 1.82) is 0 Å². The Hall–Kier alpha value is -2.10. The van der Waals surface area contributed by atoms with Crippen molar-refractivity contribution in [2.45, 2.75) is 6.42 Å². The van der Waals surface area contributed by atoms with Crippen molar-refractivity contribution in [3.8, 4) is 0 Å². The fraction of sp³-hybridized carbons (Fsp3) is 0.231. The summed E-state index contributed by atoms with van der Waals surface area (Å²) in [5, 5.41) is 0. The second kappa shape index (κ2) is 4.41. The number of carbonyl (C=O) groups is 2. The van der Waals surface area contributed by atoms with Gasteiger partial charge >= 0.3 is 0 Å². The molecule has 0 spiro atoms. The van der Waals surface area contributed by atoms with Gasteiger partial charge in [0.05, 0.1) is 5.92 Å². The van der Waals surface area contributed by atoms with Gasteiger partial charge in [0.25, 0.3) is 0 Å². The maximum absolute atomic E-state index is 11.8. The topological polar surface area (TPSA) is 63.4 Å². The average Bonchev–Trinajstić information content (AvgIpc) is 2.36. The van der Waals surface area contributed by atoms with Crippen LogP contribution in [0.3, 0.4) is 0 Å². The largest absolute Gasteiger partial charge is 0.369 e. The Morgan fingerprint density at radius 2 is 2.12 bits per heavy atom. The van der Waals surface area contributed by atoms with E-state index < -0.39 is 0 Å². The Labute approximate surface area is 99.7 Å². The summed E-state index contributed by atoms with van der Waals surface area (Å²) < 4.78 is 0. The SMILES string of the molecule is C=CC(=O)N1CC(C(N)=O)Cc2ccccc21. The number of anilines is 1. The van der Waals surface area contributed by atoms with Crippen molar-refractivity contribution in [2.75, 3.05) is 11.4 Å². The first kappa shape index (κ1) is 11.4. The molecule has 1 aromatic rings. The van der Waals surface area contributed by atoms with Crippen LogP contribution in [0.25, 0.3) is 0 Å². The van der Waals surface area contributed by atoms with Gasteiger partial charge in [-0.3, -0.25) is 9.59 Å². The van der Waals surface area contributed by atoms with Crippen LogP contribution in [-0.4, -0.2) is 18.4 Å². The van der Waals surface area contributed by atoms with Gasteiger partial charge in [0.15, 0.2) is 0 Å². The Balaban J connectivity index is 2.42. The van der Waals surface area contributed by atoms with Crippen LogP contribution in [0.4, 0.5) is 5.69 Å². The molecule has 0 saturated heterocycles. The third kappa shape index (κ3) is 2.06. The highest BCUT2D eigenvalue weighted by Crippen LogP contribution is 2.29. The van der Waals surface area contributed by atoms with Crippen LogP contribution in [0.15, 0.2) is 36.9 Å². The van der Waals surface area contributed by atoms with E-state index in [1.165, 1.54) is 6.08 Å². The van der Waals surface area contributed by atoms with E-state index >= 15 is 0 Å². The number of carbonyl (C=O) groups excluding carboxylic acids is 2. The monoisotopic (exact) mass is 230 g/mol. The number of rotatable bonds is 2. The van der Waals surface area contributed by atoms with Crippen LogP contribution in [-0.2, 0) is 16.0 Å². The molecule has 4 heteroatoms. The number of nitrogens with two attached hydrogens (primary N) is 1. The van der Waals surface area contributed by atoms with Gasteiger partial charge in [-0.05, 0) is 24.1 Å². The van der Waals surface area contributed by atoms with Crippen molar-refractivity contribution in [2.24, 2.45) is 11.7 Å². The Morgan fingerprint density at radius 3 is 2.76 bits per heavy atom. The standard InChI is InChI=1S/C13H14N2O2/c1-2-12(16)15-8-10(13(14)17)7-9-5-3-4-6-11(9)15/h2-6,10H,1,7-8H2,(H2,14,17). The van der Waals surface area contributed by atoms with Crippen molar-refractivity contribution < 1.29 is 9.59 Å². The van der Waals surface area contributed by atoms with Crippen LogP contribution >= 0.6 is 0 Å². The minimum atomic E-state index is -0.374. The lowest BCUT2D eigenvalue weighted by Crippen LogP contribution is -2.43. The lowest BCUT2D eigenvalue weighted by Gasteiger charge is -2.32. The van der Waals surface area contributed by atoms with E-state index in [1.807, 2.05) is 24.3 Å². The number of amides is 2. The molecule has 4 nitrogen and oxygen atoms in total. The lowest BCUT2D eigenvalue weighted by molar-refractivity contribution is -0.121. The van der Waals surface area contributed by atoms with Gasteiger partial charge in [0, 0.05) is 12.2 Å². The molecule has 2 N–H and O–H groups in total. The summed E-state index contributed by atoms with van der Waals surface area (Å²) in [5.41, 5.74) is 7.14. The van der Waals surface area contributed by atoms with E-state index in [2.05, 4.69) is 6.58 Å². The zero-order valence-corrected chi connectivity index (χ0v) is 9.43. The van der Waals surface area contributed by atoms with E-state index in [0.717, 1.165) is 11.3 Å². The van der Waals surface area contributed by atoms with Gasteiger partial charge in [-0.25, -0.2) is 0 Å². The predicted octanol–water partition coefficient (Wildman–Crippen LogP) is 0.863. The molecule has 2 amide bonds. The number of primary amides is 1. The molecule has 2 rings (SSSR count). The molecular weight excluding hydrogens is 216 g/mol. The Kier molecular flexibility index (Phi) is 2.95. The molecule has 1 aliphatic rings. The summed E-state index contributed by atoms with van der Waals surface area (Å²) in [4.78, 5) is 24.6. The maximum atomic E-state index is 11.8. The summed E-state index contributed by atoms with van der Waals surface area (Å²) in [6.45, 7) is 3.80. The van der Waals surface area contributed by atoms with Crippen molar-refractivity contribution in [3.63, 3.8) is 0 Å². The molecule has 1 atom stereocenters. The molecule has 0 radical (unpaired) electrons. The highest BCUT2D eigenvalue weighted by molar-refractivity contribution is 6.02. The molecule has 0 aliphatic carbocycles. The van der Waals surface area contributed by atoms with E-state index in [0.29, 0.717) is 13.0 Å². The van der Waals surface area contributed by atoms with Gasteiger partial charge in [-0.15, -0.1) is 0 Å². The first-order chi connectivity index (χ1) is 8.13.